The molecule has 0 spiro atoms. The fourth-order valence-electron chi connectivity index (χ4n) is 1.73. The normalized spacial score (nSPS) is 10.4. The number of nitrogens with two attached hydrogens (primary N) is 1. The number of rotatable bonds is 5. The lowest BCUT2D eigenvalue weighted by atomic mass is 10.1. The highest BCUT2D eigenvalue weighted by atomic mass is 79.9. The van der Waals surface area contributed by atoms with Gasteiger partial charge in [0.2, 0.25) is 5.91 Å². The van der Waals surface area contributed by atoms with Crippen LogP contribution in [0.15, 0.2) is 40.2 Å². The molecule has 19 heavy (non-hydrogen) atoms. The van der Waals surface area contributed by atoms with Gasteiger partial charge < -0.3 is 11.1 Å². The van der Waals surface area contributed by atoms with E-state index in [1.165, 1.54) is 0 Å². The Morgan fingerprint density at radius 3 is 2.84 bits per heavy atom. The smallest absolute Gasteiger partial charge is 0.220 e. The number of amides is 1. The summed E-state index contributed by atoms with van der Waals surface area (Å²) < 4.78 is 1.08. The Morgan fingerprint density at radius 1 is 1.32 bits per heavy atom. The lowest BCUT2D eigenvalue weighted by Crippen LogP contribution is -2.22. The minimum absolute atomic E-state index is 0.0620. The van der Waals surface area contributed by atoms with Crippen LogP contribution in [0.4, 0.5) is 5.69 Å². The first-order valence-electron chi connectivity index (χ1n) is 5.99. The second kappa shape index (κ2) is 6.73. The molecule has 1 amide bonds. The SMILES string of the molecule is Nc1cccc(CCC(=O)NCc2ccc(Br)s2)c1. The Kier molecular flexibility index (Phi) is 4.99. The van der Waals surface area contributed by atoms with Gasteiger partial charge in [-0.05, 0) is 52.2 Å². The number of anilines is 1. The summed E-state index contributed by atoms with van der Waals surface area (Å²) in [6.07, 6.45) is 1.20. The first kappa shape index (κ1) is 14.1. The molecule has 3 N–H and O–H groups in total. The van der Waals surface area contributed by atoms with Gasteiger partial charge in [0.25, 0.3) is 0 Å². The number of aryl methyl sites for hydroxylation is 1. The summed E-state index contributed by atoms with van der Waals surface area (Å²) in [6.45, 7) is 0.589. The third-order valence-electron chi connectivity index (χ3n) is 2.68. The summed E-state index contributed by atoms with van der Waals surface area (Å²) in [4.78, 5) is 12.9. The maximum atomic E-state index is 11.7. The fraction of sp³-hybridized carbons (Fsp3) is 0.214. The van der Waals surface area contributed by atoms with Crippen LogP contribution in [0.2, 0.25) is 0 Å². The molecule has 0 aliphatic heterocycles. The fourth-order valence-corrected chi connectivity index (χ4v) is 3.15. The molecule has 0 saturated carbocycles. The molecule has 1 aromatic carbocycles. The van der Waals surface area contributed by atoms with Crippen molar-refractivity contribution >= 4 is 38.9 Å². The average Bonchev–Trinajstić information content (AvgIpc) is 2.80. The van der Waals surface area contributed by atoms with Crippen molar-refractivity contribution in [1.82, 2.24) is 5.32 Å². The van der Waals surface area contributed by atoms with Crippen molar-refractivity contribution in [1.29, 1.82) is 0 Å². The number of nitrogen functional groups attached to an aromatic ring is 1. The first-order chi connectivity index (χ1) is 9.13. The molecule has 5 heteroatoms. The number of halogens is 1. The van der Waals surface area contributed by atoms with E-state index in [9.17, 15) is 4.79 Å². The van der Waals surface area contributed by atoms with Crippen LogP contribution < -0.4 is 11.1 Å². The molecular formula is C14H15BrN2OS. The third-order valence-corrected chi connectivity index (χ3v) is 4.30. The van der Waals surface area contributed by atoms with Crippen LogP contribution in [0.5, 0.6) is 0 Å². The Bertz CT molecular complexity index is 568. The largest absolute Gasteiger partial charge is 0.399 e. The van der Waals surface area contributed by atoms with E-state index in [1.807, 2.05) is 36.4 Å². The minimum Gasteiger partial charge on any atom is -0.399 e. The zero-order chi connectivity index (χ0) is 13.7. The summed E-state index contributed by atoms with van der Waals surface area (Å²) in [7, 11) is 0. The lowest BCUT2D eigenvalue weighted by Gasteiger charge is -2.04. The number of benzene rings is 1. The van der Waals surface area contributed by atoms with Gasteiger partial charge in [0.1, 0.15) is 0 Å². The molecule has 0 saturated heterocycles. The van der Waals surface area contributed by atoms with E-state index >= 15 is 0 Å². The van der Waals surface area contributed by atoms with Crippen molar-refractivity contribution in [2.75, 3.05) is 5.73 Å². The molecule has 2 rings (SSSR count). The molecule has 1 heterocycles. The standard InChI is InChI=1S/C14H15BrN2OS/c15-13-6-5-12(19-13)9-17-14(18)7-4-10-2-1-3-11(16)8-10/h1-3,5-6,8H,4,7,9,16H2,(H,17,18). The van der Waals surface area contributed by atoms with Gasteiger partial charge in [0.05, 0.1) is 10.3 Å². The summed E-state index contributed by atoms with van der Waals surface area (Å²) >= 11 is 5.03. The van der Waals surface area contributed by atoms with Crippen LogP contribution in [0.1, 0.15) is 16.9 Å². The molecule has 1 aromatic heterocycles. The maximum Gasteiger partial charge on any atom is 0.220 e. The molecule has 3 nitrogen and oxygen atoms in total. The highest BCUT2D eigenvalue weighted by Gasteiger charge is 2.04. The molecule has 0 aliphatic carbocycles. The van der Waals surface area contributed by atoms with Crippen LogP contribution in [-0.4, -0.2) is 5.91 Å². The van der Waals surface area contributed by atoms with Gasteiger partial charge in [0.15, 0.2) is 0 Å². The number of nitrogens with one attached hydrogen (secondary N) is 1. The van der Waals surface area contributed by atoms with Gasteiger partial charge in [-0.2, -0.15) is 0 Å². The van der Waals surface area contributed by atoms with Crippen molar-refractivity contribution in [2.24, 2.45) is 0 Å². The number of thiophene rings is 1. The Morgan fingerprint density at radius 2 is 2.16 bits per heavy atom. The van der Waals surface area contributed by atoms with Crippen LogP contribution in [0, 0.1) is 0 Å². The van der Waals surface area contributed by atoms with Crippen LogP contribution in [0.3, 0.4) is 0 Å². The maximum absolute atomic E-state index is 11.7. The van der Waals surface area contributed by atoms with Crippen molar-refractivity contribution < 1.29 is 4.79 Å². The lowest BCUT2D eigenvalue weighted by molar-refractivity contribution is -0.121. The highest BCUT2D eigenvalue weighted by molar-refractivity contribution is 9.11. The van der Waals surface area contributed by atoms with E-state index < -0.39 is 0 Å². The van der Waals surface area contributed by atoms with Crippen LogP contribution in [0.25, 0.3) is 0 Å². The van der Waals surface area contributed by atoms with Gasteiger partial charge in [-0.3, -0.25) is 4.79 Å². The van der Waals surface area contributed by atoms with Crippen LogP contribution >= 0.6 is 27.3 Å². The van der Waals surface area contributed by atoms with Gasteiger partial charge in [-0.25, -0.2) is 0 Å². The number of carbonyl (C=O) groups is 1. The van der Waals surface area contributed by atoms with E-state index in [4.69, 9.17) is 5.73 Å². The Hall–Kier alpha value is -1.33. The molecule has 0 aliphatic rings. The molecule has 0 atom stereocenters. The zero-order valence-corrected chi connectivity index (χ0v) is 12.8. The molecule has 0 unspecified atom stereocenters. The van der Waals surface area contributed by atoms with Crippen molar-refractivity contribution in [3.63, 3.8) is 0 Å². The van der Waals surface area contributed by atoms with E-state index in [0.29, 0.717) is 19.4 Å². The Labute approximate surface area is 125 Å². The molecule has 100 valence electrons. The number of carbonyl (C=O) groups excluding carboxylic acids is 1. The predicted molar refractivity (Wildman–Crippen MR) is 83.0 cm³/mol. The highest BCUT2D eigenvalue weighted by Crippen LogP contribution is 2.21. The Balaban J connectivity index is 1.75. The molecule has 2 aromatic rings. The monoisotopic (exact) mass is 338 g/mol. The molecule has 0 fully saturated rings. The van der Waals surface area contributed by atoms with Gasteiger partial charge in [-0.1, -0.05) is 12.1 Å². The summed E-state index contributed by atoms with van der Waals surface area (Å²) in [5.41, 5.74) is 7.53. The second-order valence-electron chi connectivity index (χ2n) is 4.23. The van der Waals surface area contributed by atoms with Gasteiger partial charge >= 0.3 is 0 Å². The number of hydrogen-bond acceptors (Lipinski definition) is 3. The minimum atomic E-state index is 0.0620. The predicted octanol–water partition coefficient (Wildman–Crippen LogP) is 3.34. The van der Waals surface area contributed by atoms with E-state index in [-0.39, 0.29) is 5.91 Å². The topological polar surface area (TPSA) is 55.1 Å². The van der Waals surface area contributed by atoms with Crippen LogP contribution in [-0.2, 0) is 17.8 Å². The molecular weight excluding hydrogens is 324 g/mol. The summed E-state index contributed by atoms with van der Waals surface area (Å²) in [5.74, 6) is 0.0620. The van der Waals surface area contributed by atoms with E-state index in [2.05, 4.69) is 21.2 Å². The van der Waals surface area contributed by atoms with E-state index in [1.54, 1.807) is 11.3 Å². The van der Waals surface area contributed by atoms with Crippen molar-refractivity contribution in [3.05, 3.63) is 50.6 Å². The van der Waals surface area contributed by atoms with Gasteiger partial charge in [0, 0.05) is 17.0 Å². The van der Waals surface area contributed by atoms with Crippen molar-refractivity contribution in [2.45, 2.75) is 19.4 Å². The first-order valence-corrected chi connectivity index (χ1v) is 7.60. The average molecular weight is 339 g/mol. The van der Waals surface area contributed by atoms with E-state index in [0.717, 1.165) is 19.9 Å². The van der Waals surface area contributed by atoms with Crippen molar-refractivity contribution in [3.8, 4) is 0 Å². The third kappa shape index (κ3) is 4.69. The molecule has 0 bridgehead atoms. The second-order valence-corrected chi connectivity index (χ2v) is 6.78. The van der Waals surface area contributed by atoms with Gasteiger partial charge in [-0.15, -0.1) is 11.3 Å². The quantitative estimate of drug-likeness (QED) is 0.821. The number of hydrogen-bond donors (Lipinski definition) is 2. The zero-order valence-electron chi connectivity index (χ0n) is 10.4. The summed E-state index contributed by atoms with van der Waals surface area (Å²) in [5, 5.41) is 2.92. The summed E-state index contributed by atoms with van der Waals surface area (Å²) in [6, 6.07) is 11.6. The molecule has 0 radical (unpaired) electrons.